The largest absolute Gasteiger partial charge is 0.392 e. The summed E-state index contributed by atoms with van der Waals surface area (Å²) in [5, 5.41) is 0. The predicted molar refractivity (Wildman–Crippen MR) is 73.4 cm³/mol. The Bertz CT molecular complexity index is 629. The molecule has 112 valence electrons. The van der Waals surface area contributed by atoms with Crippen LogP contribution in [0.2, 0.25) is 0 Å². The standard InChI is InChI=1S/C15H16F3N3/c16-15(17,18)12-5-6-21-9-13(20-14(21)7-12)11-3-1-10(8-19)2-4-11/h1-4,9,12H,5-8,19H2/t12-/m1/s1. The zero-order valence-corrected chi connectivity index (χ0v) is 11.4. The van der Waals surface area contributed by atoms with Crippen LogP contribution in [0.1, 0.15) is 17.8 Å². The minimum atomic E-state index is -4.14. The molecular formula is C15H16F3N3. The van der Waals surface area contributed by atoms with E-state index < -0.39 is 12.1 Å². The third kappa shape index (κ3) is 2.81. The Hall–Kier alpha value is -1.82. The Morgan fingerprint density at radius 1 is 1.24 bits per heavy atom. The van der Waals surface area contributed by atoms with Gasteiger partial charge in [-0.25, -0.2) is 4.98 Å². The van der Waals surface area contributed by atoms with Gasteiger partial charge in [0.25, 0.3) is 0 Å². The van der Waals surface area contributed by atoms with Gasteiger partial charge < -0.3 is 10.3 Å². The number of halogens is 3. The fraction of sp³-hybridized carbons (Fsp3) is 0.400. The van der Waals surface area contributed by atoms with Crippen LogP contribution in [0.5, 0.6) is 0 Å². The zero-order chi connectivity index (χ0) is 15.0. The normalized spacial score (nSPS) is 18.6. The second-order valence-electron chi connectivity index (χ2n) is 5.37. The van der Waals surface area contributed by atoms with Gasteiger partial charge in [0.05, 0.1) is 11.6 Å². The number of nitrogens with zero attached hydrogens (tertiary/aromatic N) is 2. The van der Waals surface area contributed by atoms with E-state index in [1.807, 2.05) is 35.0 Å². The van der Waals surface area contributed by atoms with Crippen LogP contribution in [0.4, 0.5) is 13.2 Å². The fourth-order valence-corrected chi connectivity index (χ4v) is 2.66. The molecule has 0 bridgehead atoms. The molecule has 0 spiro atoms. The average molecular weight is 295 g/mol. The number of aromatic nitrogens is 2. The number of alkyl halides is 3. The van der Waals surface area contributed by atoms with Crippen LogP contribution in [0.15, 0.2) is 30.5 Å². The first-order chi connectivity index (χ1) is 9.97. The van der Waals surface area contributed by atoms with Gasteiger partial charge in [0, 0.05) is 31.3 Å². The first-order valence-electron chi connectivity index (χ1n) is 6.89. The van der Waals surface area contributed by atoms with Crippen LogP contribution < -0.4 is 5.73 Å². The lowest BCUT2D eigenvalue weighted by molar-refractivity contribution is -0.179. The Balaban J connectivity index is 1.86. The van der Waals surface area contributed by atoms with E-state index in [2.05, 4.69) is 4.98 Å². The maximum atomic E-state index is 12.8. The molecule has 0 saturated heterocycles. The summed E-state index contributed by atoms with van der Waals surface area (Å²) in [5.41, 5.74) is 8.18. The molecule has 3 rings (SSSR count). The number of imidazole rings is 1. The van der Waals surface area contributed by atoms with Gasteiger partial charge >= 0.3 is 6.18 Å². The number of fused-ring (bicyclic) bond motifs is 1. The minimum Gasteiger partial charge on any atom is -0.334 e. The topological polar surface area (TPSA) is 43.8 Å². The monoisotopic (exact) mass is 295 g/mol. The number of rotatable bonds is 2. The number of nitrogens with two attached hydrogens (primary N) is 1. The molecule has 1 aromatic carbocycles. The summed E-state index contributed by atoms with van der Waals surface area (Å²) in [5.74, 6) is -0.763. The van der Waals surface area contributed by atoms with E-state index in [1.54, 1.807) is 0 Å². The molecule has 0 radical (unpaired) electrons. The van der Waals surface area contributed by atoms with Crippen molar-refractivity contribution in [3.8, 4) is 11.3 Å². The van der Waals surface area contributed by atoms with Crippen molar-refractivity contribution >= 4 is 0 Å². The molecule has 1 aromatic heterocycles. The van der Waals surface area contributed by atoms with E-state index in [4.69, 9.17) is 5.73 Å². The van der Waals surface area contributed by atoms with Gasteiger partial charge in [0.2, 0.25) is 0 Å². The van der Waals surface area contributed by atoms with Gasteiger partial charge in [-0.2, -0.15) is 13.2 Å². The van der Waals surface area contributed by atoms with Gasteiger partial charge in [0.15, 0.2) is 0 Å². The summed E-state index contributed by atoms with van der Waals surface area (Å²) in [6.07, 6.45) is -2.22. The Morgan fingerprint density at radius 2 is 1.95 bits per heavy atom. The molecule has 1 aliphatic rings. The molecule has 2 heterocycles. The van der Waals surface area contributed by atoms with Gasteiger partial charge in [-0.1, -0.05) is 24.3 Å². The molecule has 1 aliphatic heterocycles. The quantitative estimate of drug-likeness (QED) is 0.925. The van der Waals surface area contributed by atoms with Crippen LogP contribution in [0, 0.1) is 5.92 Å². The van der Waals surface area contributed by atoms with E-state index >= 15 is 0 Å². The first kappa shape index (κ1) is 14.1. The molecule has 2 aromatic rings. The Morgan fingerprint density at radius 3 is 2.57 bits per heavy atom. The summed E-state index contributed by atoms with van der Waals surface area (Å²) in [7, 11) is 0. The predicted octanol–water partition coefficient (Wildman–Crippen LogP) is 3.13. The second kappa shape index (κ2) is 5.18. The molecule has 21 heavy (non-hydrogen) atoms. The summed E-state index contributed by atoms with van der Waals surface area (Å²) in [6, 6.07) is 7.62. The van der Waals surface area contributed by atoms with Crippen LogP contribution >= 0.6 is 0 Å². The van der Waals surface area contributed by atoms with Crippen LogP contribution in [0.3, 0.4) is 0 Å². The molecule has 0 saturated carbocycles. The van der Waals surface area contributed by atoms with Crippen LogP contribution in [-0.4, -0.2) is 15.7 Å². The van der Waals surface area contributed by atoms with Gasteiger partial charge in [-0.05, 0) is 12.0 Å². The third-order valence-corrected chi connectivity index (χ3v) is 3.95. The highest BCUT2D eigenvalue weighted by molar-refractivity contribution is 5.59. The lowest BCUT2D eigenvalue weighted by Crippen LogP contribution is -2.31. The summed E-state index contributed by atoms with van der Waals surface area (Å²) < 4.78 is 40.2. The highest BCUT2D eigenvalue weighted by Gasteiger charge is 2.41. The molecule has 3 nitrogen and oxygen atoms in total. The van der Waals surface area contributed by atoms with Crippen molar-refractivity contribution in [3.63, 3.8) is 0 Å². The third-order valence-electron chi connectivity index (χ3n) is 3.95. The molecule has 0 unspecified atom stereocenters. The van der Waals surface area contributed by atoms with E-state index in [9.17, 15) is 13.2 Å². The van der Waals surface area contributed by atoms with Crippen LogP contribution in [0.25, 0.3) is 11.3 Å². The number of hydrogen-bond acceptors (Lipinski definition) is 2. The summed E-state index contributed by atoms with van der Waals surface area (Å²) >= 11 is 0. The maximum Gasteiger partial charge on any atom is 0.392 e. The SMILES string of the molecule is NCc1ccc(-c2cn3c(n2)C[C@H](C(F)(F)F)CC3)cc1. The highest BCUT2D eigenvalue weighted by atomic mass is 19.4. The number of benzene rings is 1. The van der Waals surface area contributed by atoms with Crippen molar-refractivity contribution in [2.75, 3.05) is 0 Å². The number of hydrogen-bond donors (Lipinski definition) is 1. The second-order valence-corrected chi connectivity index (χ2v) is 5.37. The lowest BCUT2D eigenvalue weighted by atomic mass is 9.97. The lowest BCUT2D eigenvalue weighted by Gasteiger charge is -2.25. The summed E-state index contributed by atoms with van der Waals surface area (Å²) in [6.45, 7) is 0.834. The van der Waals surface area contributed by atoms with E-state index in [0.29, 0.717) is 18.9 Å². The van der Waals surface area contributed by atoms with Crippen LogP contribution in [-0.2, 0) is 19.5 Å². The smallest absolute Gasteiger partial charge is 0.334 e. The summed E-state index contributed by atoms with van der Waals surface area (Å²) in [4.78, 5) is 4.37. The maximum absolute atomic E-state index is 12.8. The highest BCUT2D eigenvalue weighted by Crippen LogP contribution is 2.35. The average Bonchev–Trinajstić information content (AvgIpc) is 2.89. The van der Waals surface area contributed by atoms with E-state index in [-0.39, 0.29) is 12.8 Å². The zero-order valence-electron chi connectivity index (χ0n) is 11.4. The molecule has 0 fully saturated rings. The van der Waals surface area contributed by atoms with Crippen molar-refractivity contribution < 1.29 is 13.2 Å². The molecule has 0 aliphatic carbocycles. The number of aryl methyl sites for hydroxylation is 1. The van der Waals surface area contributed by atoms with Gasteiger partial charge in [-0.3, -0.25) is 0 Å². The molecular weight excluding hydrogens is 279 g/mol. The van der Waals surface area contributed by atoms with Crippen molar-refractivity contribution in [2.24, 2.45) is 11.7 Å². The molecule has 1 atom stereocenters. The first-order valence-corrected chi connectivity index (χ1v) is 6.89. The van der Waals surface area contributed by atoms with Gasteiger partial charge in [0.1, 0.15) is 5.82 Å². The van der Waals surface area contributed by atoms with Gasteiger partial charge in [-0.15, -0.1) is 0 Å². The van der Waals surface area contributed by atoms with Crippen molar-refractivity contribution in [2.45, 2.75) is 32.1 Å². The minimum absolute atomic E-state index is 0.0373. The Kier molecular flexibility index (Phi) is 3.49. The van der Waals surface area contributed by atoms with Crippen molar-refractivity contribution in [1.29, 1.82) is 0 Å². The molecule has 2 N–H and O–H groups in total. The molecule has 0 amide bonds. The van der Waals surface area contributed by atoms with Crippen molar-refractivity contribution in [3.05, 3.63) is 41.9 Å². The fourth-order valence-electron chi connectivity index (χ4n) is 2.66. The molecule has 6 heteroatoms. The van der Waals surface area contributed by atoms with E-state index in [0.717, 1.165) is 16.8 Å². The van der Waals surface area contributed by atoms with E-state index in [1.165, 1.54) is 0 Å². The Labute approximate surface area is 120 Å². The van der Waals surface area contributed by atoms with Crippen molar-refractivity contribution in [1.82, 2.24) is 9.55 Å².